The molecule has 0 aliphatic carbocycles. The van der Waals surface area contributed by atoms with Gasteiger partial charge in [-0.3, -0.25) is 0 Å². The van der Waals surface area contributed by atoms with Gasteiger partial charge in [0.1, 0.15) is 11.5 Å². The molecule has 0 bridgehead atoms. The van der Waals surface area contributed by atoms with Crippen molar-refractivity contribution < 1.29 is 4.74 Å². The van der Waals surface area contributed by atoms with Crippen LogP contribution >= 0.6 is 27.5 Å². The Morgan fingerprint density at radius 3 is 2.58 bits per heavy atom. The fourth-order valence-electron chi connectivity index (χ4n) is 1.78. The van der Waals surface area contributed by atoms with Crippen molar-refractivity contribution in [3.8, 4) is 11.5 Å². The molecule has 0 heterocycles. The fraction of sp³-hybridized carbons (Fsp3) is 0.200. The van der Waals surface area contributed by atoms with E-state index in [1.807, 2.05) is 50.2 Å². The molecule has 0 radical (unpaired) electrons. The molecule has 2 aromatic rings. The monoisotopic (exact) mass is 339 g/mol. The van der Waals surface area contributed by atoms with Gasteiger partial charge < -0.3 is 10.5 Å². The summed E-state index contributed by atoms with van der Waals surface area (Å²) in [6.07, 6.45) is 0. The molecule has 0 aliphatic rings. The summed E-state index contributed by atoms with van der Waals surface area (Å²) >= 11 is 9.45. The van der Waals surface area contributed by atoms with Crippen LogP contribution in [0.2, 0.25) is 5.02 Å². The van der Waals surface area contributed by atoms with Crippen LogP contribution in [-0.2, 0) is 0 Å². The minimum atomic E-state index is -0.0866. The molecule has 2 aromatic carbocycles. The van der Waals surface area contributed by atoms with Crippen LogP contribution in [0.3, 0.4) is 0 Å². The lowest BCUT2D eigenvalue weighted by Gasteiger charge is -2.14. The molecular weight excluding hydrogens is 326 g/mol. The van der Waals surface area contributed by atoms with E-state index in [2.05, 4.69) is 15.9 Å². The molecule has 1 unspecified atom stereocenters. The second-order valence-corrected chi connectivity index (χ2v) is 5.81. The van der Waals surface area contributed by atoms with Crippen LogP contribution in [0.15, 0.2) is 40.9 Å². The Morgan fingerprint density at radius 2 is 1.95 bits per heavy atom. The predicted octanol–water partition coefficient (Wildman–Crippen LogP) is 5.22. The molecule has 4 heteroatoms. The second-order valence-electron chi connectivity index (χ2n) is 4.48. The van der Waals surface area contributed by atoms with Crippen LogP contribution in [0.4, 0.5) is 0 Å². The van der Waals surface area contributed by atoms with E-state index < -0.39 is 0 Å². The van der Waals surface area contributed by atoms with Gasteiger partial charge in [-0.2, -0.15) is 0 Å². The minimum absolute atomic E-state index is 0.0866. The number of halogens is 2. The molecule has 0 fully saturated rings. The maximum absolute atomic E-state index is 6.01. The van der Waals surface area contributed by atoms with Gasteiger partial charge in [-0.15, -0.1) is 0 Å². The Kier molecular flexibility index (Phi) is 4.50. The van der Waals surface area contributed by atoms with Gasteiger partial charge in [0.15, 0.2) is 0 Å². The molecule has 0 aliphatic heterocycles. The van der Waals surface area contributed by atoms with Crippen LogP contribution in [0, 0.1) is 6.92 Å². The highest BCUT2D eigenvalue weighted by Gasteiger charge is 2.10. The van der Waals surface area contributed by atoms with Gasteiger partial charge in [-0.25, -0.2) is 0 Å². The molecule has 19 heavy (non-hydrogen) atoms. The summed E-state index contributed by atoms with van der Waals surface area (Å²) in [7, 11) is 0. The quantitative estimate of drug-likeness (QED) is 0.831. The maximum atomic E-state index is 6.01. The summed E-state index contributed by atoms with van der Waals surface area (Å²) in [5.74, 6) is 1.51. The van der Waals surface area contributed by atoms with Crippen molar-refractivity contribution in [2.24, 2.45) is 5.73 Å². The first kappa shape index (κ1) is 14.4. The Bertz CT molecular complexity index is 599. The van der Waals surface area contributed by atoms with E-state index in [1.165, 1.54) is 0 Å². The summed E-state index contributed by atoms with van der Waals surface area (Å²) in [6, 6.07) is 11.3. The molecule has 0 spiro atoms. The summed E-state index contributed by atoms with van der Waals surface area (Å²) < 4.78 is 6.87. The Morgan fingerprint density at radius 1 is 1.21 bits per heavy atom. The van der Waals surface area contributed by atoms with Gasteiger partial charge >= 0.3 is 0 Å². The third kappa shape index (κ3) is 3.50. The smallest absolute Gasteiger partial charge is 0.133 e. The highest BCUT2D eigenvalue weighted by atomic mass is 79.9. The second kappa shape index (κ2) is 5.95. The first-order valence-electron chi connectivity index (χ1n) is 5.96. The Hall–Kier alpha value is -1.03. The lowest BCUT2D eigenvalue weighted by atomic mass is 10.1. The molecule has 100 valence electrons. The topological polar surface area (TPSA) is 35.2 Å². The minimum Gasteiger partial charge on any atom is -0.457 e. The molecule has 0 saturated carbocycles. The maximum Gasteiger partial charge on any atom is 0.133 e. The molecule has 1 atom stereocenters. The number of ether oxygens (including phenoxy) is 1. The molecule has 2 rings (SSSR count). The van der Waals surface area contributed by atoms with Crippen LogP contribution in [0.1, 0.15) is 24.1 Å². The van der Waals surface area contributed by atoms with Crippen molar-refractivity contribution in [2.45, 2.75) is 19.9 Å². The number of aryl methyl sites for hydroxylation is 1. The van der Waals surface area contributed by atoms with Gasteiger partial charge in [0.25, 0.3) is 0 Å². The van der Waals surface area contributed by atoms with E-state index in [-0.39, 0.29) is 6.04 Å². The Labute approximate surface area is 126 Å². The third-order valence-corrected chi connectivity index (χ3v) is 3.74. The fourth-order valence-corrected chi connectivity index (χ4v) is 2.24. The highest BCUT2D eigenvalue weighted by molar-refractivity contribution is 9.10. The number of hydrogen-bond acceptors (Lipinski definition) is 2. The third-order valence-electron chi connectivity index (χ3n) is 2.82. The molecule has 0 amide bonds. The summed E-state index contributed by atoms with van der Waals surface area (Å²) in [5, 5.41) is 0.731. The van der Waals surface area contributed by atoms with Gasteiger partial charge in [0, 0.05) is 21.1 Å². The van der Waals surface area contributed by atoms with Crippen molar-refractivity contribution in [3.63, 3.8) is 0 Å². The van der Waals surface area contributed by atoms with Crippen molar-refractivity contribution in [3.05, 3.63) is 57.0 Å². The zero-order valence-corrected chi connectivity index (χ0v) is 13.1. The van der Waals surface area contributed by atoms with Gasteiger partial charge in [-0.1, -0.05) is 33.6 Å². The van der Waals surface area contributed by atoms with Crippen molar-refractivity contribution >= 4 is 27.5 Å². The van der Waals surface area contributed by atoms with Gasteiger partial charge in [0.05, 0.1) is 0 Å². The highest BCUT2D eigenvalue weighted by Crippen LogP contribution is 2.32. The van der Waals surface area contributed by atoms with Crippen LogP contribution < -0.4 is 10.5 Å². The summed E-state index contributed by atoms with van der Waals surface area (Å²) in [5.41, 5.74) is 7.91. The first-order chi connectivity index (χ1) is 8.97. The van der Waals surface area contributed by atoms with E-state index >= 15 is 0 Å². The van der Waals surface area contributed by atoms with E-state index in [0.717, 1.165) is 32.1 Å². The SMILES string of the molecule is Cc1cc(Oc2cc(Br)ccc2C(C)N)ccc1Cl. The average Bonchev–Trinajstić information content (AvgIpc) is 2.33. The van der Waals surface area contributed by atoms with Crippen LogP contribution in [0.25, 0.3) is 0 Å². The van der Waals surface area contributed by atoms with E-state index in [0.29, 0.717) is 0 Å². The van der Waals surface area contributed by atoms with E-state index in [9.17, 15) is 0 Å². The zero-order valence-electron chi connectivity index (χ0n) is 10.8. The van der Waals surface area contributed by atoms with Crippen LogP contribution in [-0.4, -0.2) is 0 Å². The lowest BCUT2D eigenvalue weighted by Crippen LogP contribution is -2.06. The normalized spacial score (nSPS) is 12.3. The average molecular weight is 341 g/mol. The van der Waals surface area contributed by atoms with E-state index in [1.54, 1.807) is 0 Å². The predicted molar refractivity (Wildman–Crippen MR) is 83.0 cm³/mol. The summed E-state index contributed by atoms with van der Waals surface area (Å²) in [4.78, 5) is 0. The summed E-state index contributed by atoms with van der Waals surface area (Å²) in [6.45, 7) is 3.88. The number of hydrogen-bond donors (Lipinski definition) is 1. The van der Waals surface area contributed by atoms with Gasteiger partial charge in [0.2, 0.25) is 0 Å². The van der Waals surface area contributed by atoms with E-state index in [4.69, 9.17) is 22.1 Å². The van der Waals surface area contributed by atoms with Gasteiger partial charge in [-0.05, 0) is 49.7 Å². The van der Waals surface area contributed by atoms with Crippen molar-refractivity contribution in [2.75, 3.05) is 0 Å². The zero-order chi connectivity index (χ0) is 14.0. The molecule has 2 nitrogen and oxygen atoms in total. The standard InChI is InChI=1S/C15H15BrClNO/c1-9-7-12(4-6-14(9)17)19-15-8-11(16)3-5-13(15)10(2)18/h3-8,10H,18H2,1-2H3. The number of nitrogens with two attached hydrogens (primary N) is 1. The molecular formula is C15H15BrClNO. The Balaban J connectivity index is 2.36. The number of rotatable bonds is 3. The molecule has 2 N–H and O–H groups in total. The van der Waals surface area contributed by atoms with Crippen molar-refractivity contribution in [1.29, 1.82) is 0 Å². The largest absolute Gasteiger partial charge is 0.457 e. The molecule has 0 aromatic heterocycles. The lowest BCUT2D eigenvalue weighted by molar-refractivity contribution is 0.471. The first-order valence-corrected chi connectivity index (χ1v) is 7.13. The molecule has 0 saturated heterocycles. The van der Waals surface area contributed by atoms with Crippen LogP contribution in [0.5, 0.6) is 11.5 Å². The number of benzene rings is 2. The van der Waals surface area contributed by atoms with Crippen molar-refractivity contribution in [1.82, 2.24) is 0 Å².